The molecule has 4 rings (SSSR count). The van der Waals surface area contributed by atoms with E-state index in [4.69, 9.17) is 9.47 Å². The summed E-state index contributed by atoms with van der Waals surface area (Å²) in [4.78, 5) is 32.5. The van der Waals surface area contributed by atoms with E-state index in [1.54, 1.807) is 6.08 Å². The fourth-order valence-electron chi connectivity index (χ4n) is 3.08. The average Bonchev–Trinajstić information content (AvgIpc) is 3.14. The minimum Gasteiger partial charge on any atom is -0.454 e. The molecule has 7 nitrogen and oxygen atoms in total. The smallest absolute Gasteiger partial charge is 0.260 e. The standard InChI is InChI=1S/C20H19N3O4/c24-19(21-11-13-8-9-16-17(10-13)27-12-26-16)7-3-6-18-22-15-5-2-1-4-14(15)20(25)23-18/h1-2,4-5,8-10,14H,3,6-7,11-12H2,(H,21,24). The van der Waals surface area contributed by atoms with Gasteiger partial charge in [-0.1, -0.05) is 24.3 Å². The van der Waals surface area contributed by atoms with Crippen molar-refractivity contribution in [1.82, 2.24) is 5.32 Å². The lowest BCUT2D eigenvalue weighted by atomic mass is 9.96. The molecule has 0 fully saturated rings. The Balaban J connectivity index is 1.23. The van der Waals surface area contributed by atoms with E-state index in [2.05, 4.69) is 15.3 Å². The molecule has 2 amide bonds. The lowest BCUT2D eigenvalue weighted by Crippen LogP contribution is -2.27. The van der Waals surface area contributed by atoms with Gasteiger partial charge in [-0.15, -0.1) is 0 Å². The van der Waals surface area contributed by atoms with Crippen molar-refractivity contribution in [3.05, 3.63) is 48.1 Å². The highest BCUT2D eigenvalue weighted by Crippen LogP contribution is 2.32. The highest BCUT2D eigenvalue weighted by molar-refractivity contribution is 6.21. The number of carbonyl (C=O) groups excluding carboxylic acids is 2. The number of rotatable bonds is 6. The Hall–Kier alpha value is -3.22. The van der Waals surface area contributed by atoms with Crippen LogP contribution in [0.5, 0.6) is 11.5 Å². The van der Waals surface area contributed by atoms with E-state index < -0.39 is 0 Å². The van der Waals surface area contributed by atoms with Gasteiger partial charge in [-0.3, -0.25) is 9.59 Å². The predicted octanol–water partition coefficient (Wildman–Crippen LogP) is 2.32. The molecule has 0 radical (unpaired) electrons. The zero-order chi connectivity index (χ0) is 18.6. The van der Waals surface area contributed by atoms with Crippen LogP contribution in [0.25, 0.3) is 0 Å². The van der Waals surface area contributed by atoms with Crippen molar-refractivity contribution in [2.24, 2.45) is 15.9 Å². The first-order valence-electron chi connectivity index (χ1n) is 8.89. The first-order chi connectivity index (χ1) is 13.2. The molecular weight excluding hydrogens is 346 g/mol. The average molecular weight is 365 g/mol. The molecule has 7 heteroatoms. The lowest BCUT2D eigenvalue weighted by molar-refractivity contribution is -0.121. The fraction of sp³-hybridized carbons (Fsp3) is 0.300. The normalized spacial score (nSPS) is 19.4. The predicted molar refractivity (Wildman–Crippen MR) is 99.9 cm³/mol. The maximum atomic E-state index is 12.1. The number of aliphatic imine (C=N–C) groups is 2. The molecular formula is C20H19N3O4. The highest BCUT2D eigenvalue weighted by atomic mass is 16.7. The number of ether oxygens (including phenoxy) is 2. The van der Waals surface area contributed by atoms with E-state index in [-0.39, 0.29) is 24.5 Å². The molecule has 0 spiro atoms. The molecule has 1 aliphatic carbocycles. The van der Waals surface area contributed by atoms with Crippen LogP contribution in [0.3, 0.4) is 0 Å². The van der Waals surface area contributed by atoms with Crippen molar-refractivity contribution >= 4 is 23.4 Å². The molecule has 1 N–H and O–H groups in total. The van der Waals surface area contributed by atoms with Crippen LogP contribution >= 0.6 is 0 Å². The Bertz CT molecular complexity index is 898. The number of amides is 2. The molecule has 0 bridgehead atoms. The number of fused-ring (bicyclic) bond motifs is 2. The van der Waals surface area contributed by atoms with Crippen LogP contribution in [0.15, 0.2) is 52.5 Å². The van der Waals surface area contributed by atoms with E-state index in [9.17, 15) is 9.59 Å². The van der Waals surface area contributed by atoms with E-state index in [0.29, 0.717) is 37.4 Å². The summed E-state index contributed by atoms with van der Waals surface area (Å²) in [6, 6.07) is 5.60. The van der Waals surface area contributed by atoms with Gasteiger partial charge in [0, 0.05) is 19.4 Å². The second-order valence-electron chi connectivity index (χ2n) is 6.44. The molecule has 0 saturated carbocycles. The summed E-state index contributed by atoms with van der Waals surface area (Å²) in [6.45, 7) is 0.657. The maximum absolute atomic E-state index is 12.1. The van der Waals surface area contributed by atoms with Crippen molar-refractivity contribution in [3.63, 3.8) is 0 Å². The first-order valence-corrected chi connectivity index (χ1v) is 8.89. The van der Waals surface area contributed by atoms with Gasteiger partial charge >= 0.3 is 0 Å². The second kappa shape index (κ2) is 7.57. The Labute approximate surface area is 156 Å². The summed E-state index contributed by atoms with van der Waals surface area (Å²) < 4.78 is 10.6. The molecule has 0 saturated heterocycles. The summed E-state index contributed by atoms with van der Waals surface area (Å²) in [5.74, 6) is 1.31. The highest BCUT2D eigenvalue weighted by Gasteiger charge is 2.25. The Kier molecular flexibility index (Phi) is 4.82. The van der Waals surface area contributed by atoms with Gasteiger partial charge in [-0.25, -0.2) is 4.99 Å². The molecule has 2 heterocycles. The zero-order valence-electron chi connectivity index (χ0n) is 14.7. The molecule has 2 aliphatic heterocycles. The topological polar surface area (TPSA) is 89.4 Å². The molecule has 138 valence electrons. The number of nitrogens with zero attached hydrogens (tertiary/aromatic N) is 2. The van der Waals surface area contributed by atoms with Gasteiger partial charge in [0.15, 0.2) is 11.5 Å². The van der Waals surface area contributed by atoms with Crippen LogP contribution in [0.1, 0.15) is 24.8 Å². The number of hydrogen-bond donors (Lipinski definition) is 1. The van der Waals surface area contributed by atoms with Crippen molar-refractivity contribution in [3.8, 4) is 11.5 Å². The van der Waals surface area contributed by atoms with Gasteiger partial charge in [0.25, 0.3) is 5.91 Å². The fourth-order valence-corrected chi connectivity index (χ4v) is 3.08. The quantitative estimate of drug-likeness (QED) is 0.838. The Morgan fingerprint density at radius 2 is 2.07 bits per heavy atom. The second-order valence-corrected chi connectivity index (χ2v) is 6.44. The van der Waals surface area contributed by atoms with Gasteiger partial charge in [0.05, 0.1) is 5.71 Å². The van der Waals surface area contributed by atoms with Crippen LogP contribution < -0.4 is 14.8 Å². The third-order valence-electron chi connectivity index (χ3n) is 4.49. The van der Waals surface area contributed by atoms with Crippen LogP contribution in [-0.4, -0.2) is 30.2 Å². The van der Waals surface area contributed by atoms with Gasteiger partial charge in [-0.2, -0.15) is 4.99 Å². The van der Waals surface area contributed by atoms with E-state index >= 15 is 0 Å². The summed E-state index contributed by atoms with van der Waals surface area (Å²) >= 11 is 0. The number of benzene rings is 1. The summed E-state index contributed by atoms with van der Waals surface area (Å²) in [5, 5.41) is 2.88. The third-order valence-corrected chi connectivity index (χ3v) is 4.49. The van der Waals surface area contributed by atoms with Crippen molar-refractivity contribution in [1.29, 1.82) is 0 Å². The Morgan fingerprint density at radius 1 is 1.19 bits per heavy atom. The van der Waals surface area contributed by atoms with Gasteiger partial charge < -0.3 is 14.8 Å². The largest absolute Gasteiger partial charge is 0.454 e. The SMILES string of the molecule is O=C(CCCC1=NC(=O)C2C=CC=CC2=N1)NCc1ccc2c(c1)OCO2. The van der Waals surface area contributed by atoms with E-state index in [1.165, 1.54) is 0 Å². The first kappa shape index (κ1) is 17.2. The number of hydrogen-bond acceptors (Lipinski definition) is 5. The Morgan fingerprint density at radius 3 is 3.00 bits per heavy atom. The summed E-state index contributed by atoms with van der Waals surface area (Å²) in [7, 11) is 0. The number of allylic oxidation sites excluding steroid dienone is 3. The number of carbonyl (C=O) groups is 2. The zero-order valence-corrected chi connectivity index (χ0v) is 14.7. The molecule has 1 atom stereocenters. The summed E-state index contributed by atoms with van der Waals surface area (Å²) in [5.41, 5.74) is 1.67. The van der Waals surface area contributed by atoms with E-state index in [1.807, 2.05) is 36.4 Å². The van der Waals surface area contributed by atoms with Crippen LogP contribution in [-0.2, 0) is 16.1 Å². The van der Waals surface area contributed by atoms with Crippen molar-refractivity contribution in [2.75, 3.05) is 6.79 Å². The molecule has 27 heavy (non-hydrogen) atoms. The van der Waals surface area contributed by atoms with Gasteiger partial charge in [-0.05, 0) is 30.2 Å². The van der Waals surface area contributed by atoms with Crippen LogP contribution in [0.2, 0.25) is 0 Å². The lowest BCUT2D eigenvalue weighted by Gasteiger charge is -2.17. The number of nitrogens with one attached hydrogen (secondary N) is 1. The van der Waals surface area contributed by atoms with Crippen molar-refractivity contribution in [2.45, 2.75) is 25.8 Å². The molecule has 1 unspecified atom stereocenters. The van der Waals surface area contributed by atoms with Gasteiger partial charge in [0.2, 0.25) is 12.7 Å². The molecule has 3 aliphatic rings. The van der Waals surface area contributed by atoms with Crippen LogP contribution in [0, 0.1) is 5.92 Å². The molecule has 0 aromatic heterocycles. The minimum atomic E-state index is -0.358. The van der Waals surface area contributed by atoms with E-state index in [0.717, 1.165) is 17.0 Å². The maximum Gasteiger partial charge on any atom is 0.260 e. The third kappa shape index (κ3) is 3.97. The van der Waals surface area contributed by atoms with Crippen LogP contribution in [0.4, 0.5) is 0 Å². The summed E-state index contributed by atoms with van der Waals surface area (Å²) in [6.07, 6.45) is 8.74. The number of amidine groups is 1. The van der Waals surface area contributed by atoms with Gasteiger partial charge in [0.1, 0.15) is 11.8 Å². The molecule has 1 aromatic rings. The molecule has 1 aromatic carbocycles. The van der Waals surface area contributed by atoms with Crippen molar-refractivity contribution < 1.29 is 19.1 Å². The monoisotopic (exact) mass is 365 g/mol. The minimum absolute atomic E-state index is 0.0542.